The van der Waals surface area contributed by atoms with Crippen molar-refractivity contribution in [3.8, 4) is 0 Å². The van der Waals surface area contributed by atoms with Crippen molar-refractivity contribution in [1.29, 1.82) is 0 Å². The molecule has 0 N–H and O–H groups in total. The summed E-state index contributed by atoms with van der Waals surface area (Å²) in [5.41, 5.74) is 0. The number of ketones is 2. The van der Waals surface area contributed by atoms with Gasteiger partial charge in [0.1, 0.15) is 17.5 Å². The van der Waals surface area contributed by atoms with Gasteiger partial charge in [0.15, 0.2) is 0 Å². The Morgan fingerprint density at radius 3 is 2.06 bits per heavy atom. The van der Waals surface area contributed by atoms with Gasteiger partial charge >= 0.3 is 5.97 Å². The summed E-state index contributed by atoms with van der Waals surface area (Å²) >= 11 is 0. The number of ether oxygens (including phenoxy) is 1. The van der Waals surface area contributed by atoms with Crippen molar-refractivity contribution in [1.82, 2.24) is 0 Å². The fourth-order valence-corrected chi connectivity index (χ4v) is 1.60. The van der Waals surface area contributed by atoms with Crippen LogP contribution in [0, 0.1) is 5.92 Å². The van der Waals surface area contributed by atoms with Gasteiger partial charge in [-0.25, -0.2) is 0 Å². The molecule has 4 nitrogen and oxygen atoms in total. The molecule has 0 aliphatic carbocycles. The maximum atomic E-state index is 11.7. The Bertz CT molecular complexity index is 253. The van der Waals surface area contributed by atoms with Crippen LogP contribution < -0.4 is 0 Å². The van der Waals surface area contributed by atoms with Gasteiger partial charge in [-0.15, -0.1) is 0 Å². The molecule has 0 saturated carbocycles. The van der Waals surface area contributed by atoms with Crippen molar-refractivity contribution in [2.24, 2.45) is 5.92 Å². The number of hydrogen-bond donors (Lipinski definition) is 0. The van der Waals surface area contributed by atoms with E-state index in [4.69, 9.17) is 4.74 Å². The SMILES string of the molecule is CCCC(=O)CC(C(=O)CCC)C(=O)OCC. The fourth-order valence-electron chi connectivity index (χ4n) is 1.60. The zero-order valence-corrected chi connectivity index (χ0v) is 11.0. The molecule has 0 aliphatic heterocycles. The molecule has 17 heavy (non-hydrogen) atoms. The molecule has 0 radical (unpaired) electrons. The number of rotatable bonds is 9. The molecule has 0 aromatic rings. The topological polar surface area (TPSA) is 60.4 Å². The van der Waals surface area contributed by atoms with Crippen LogP contribution in [0.5, 0.6) is 0 Å². The molecular formula is C13H22O4. The normalized spacial score (nSPS) is 11.9. The van der Waals surface area contributed by atoms with Gasteiger partial charge in [-0.3, -0.25) is 14.4 Å². The highest BCUT2D eigenvalue weighted by molar-refractivity contribution is 6.02. The van der Waals surface area contributed by atoms with Crippen LogP contribution in [0.15, 0.2) is 0 Å². The number of Topliss-reactive ketones (excluding diaryl/α,β-unsaturated/α-hetero) is 2. The van der Waals surface area contributed by atoms with Crippen LogP contribution in [0.1, 0.15) is 52.9 Å². The molecule has 0 bridgehead atoms. The highest BCUT2D eigenvalue weighted by Gasteiger charge is 2.29. The lowest BCUT2D eigenvalue weighted by molar-refractivity contribution is -0.153. The molecule has 1 unspecified atom stereocenters. The number of hydrogen-bond acceptors (Lipinski definition) is 4. The molecule has 0 fully saturated rings. The van der Waals surface area contributed by atoms with Gasteiger partial charge in [0.2, 0.25) is 0 Å². The van der Waals surface area contributed by atoms with Gasteiger partial charge in [-0.05, 0) is 19.8 Å². The minimum absolute atomic E-state index is 0.00843. The third kappa shape index (κ3) is 6.19. The van der Waals surface area contributed by atoms with Crippen molar-refractivity contribution in [2.75, 3.05) is 6.61 Å². The van der Waals surface area contributed by atoms with E-state index in [1.54, 1.807) is 6.92 Å². The highest BCUT2D eigenvalue weighted by Crippen LogP contribution is 2.13. The van der Waals surface area contributed by atoms with Gasteiger partial charge in [-0.1, -0.05) is 13.8 Å². The van der Waals surface area contributed by atoms with E-state index in [9.17, 15) is 14.4 Å². The van der Waals surface area contributed by atoms with Crippen LogP contribution in [0.2, 0.25) is 0 Å². The van der Waals surface area contributed by atoms with E-state index in [1.807, 2.05) is 13.8 Å². The average Bonchev–Trinajstić information content (AvgIpc) is 2.26. The Hall–Kier alpha value is -1.19. The lowest BCUT2D eigenvalue weighted by atomic mass is 9.93. The van der Waals surface area contributed by atoms with Gasteiger partial charge < -0.3 is 4.74 Å². The Balaban J connectivity index is 4.55. The summed E-state index contributed by atoms with van der Waals surface area (Å²) in [6.45, 7) is 5.68. The lowest BCUT2D eigenvalue weighted by Crippen LogP contribution is -2.28. The summed E-state index contributed by atoms with van der Waals surface area (Å²) in [6.07, 6.45) is 2.14. The minimum Gasteiger partial charge on any atom is -0.465 e. The summed E-state index contributed by atoms with van der Waals surface area (Å²) in [5, 5.41) is 0. The van der Waals surface area contributed by atoms with Crippen molar-refractivity contribution < 1.29 is 19.1 Å². The van der Waals surface area contributed by atoms with E-state index in [0.29, 0.717) is 19.3 Å². The van der Waals surface area contributed by atoms with Gasteiger partial charge in [0, 0.05) is 19.3 Å². The molecule has 0 amide bonds. The Morgan fingerprint density at radius 1 is 1.00 bits per heavy atom. The third-order valence-electron chi connectivity index (χ3n) is 2.42. The maximum Gasteiger partial charge on any atom is 0.316 e. The molecule has 0 aliphatic rings. The Labute approximate surface area is 103 Å². The second-order valence-corrected chi connectivity index (χ2v) is 4.01. The zero-order chi connectivity index (χ0) is 13.3. The standard InChI is InChI=1S/C13H22O4/c1-4-7-10(14)9-11(12(15)8-5-2)13(16)17-6-3/h11H,4-9H2,1-3H3. The second-order valence-electron chi connectivity index (χ2n) is 4.01. The van der Waals surface area contributed by atoms with Crippen molar-refractivity contribution >= 4 is 17.5 Å². The second kappa shape index (κ2) is 8.90. The first-order valence-corrected chi connectivity index (χ1v) is 6.27. The van der Waals surface area contributed by atoms with E-state index in [0.717, 1.165) is 6.42 Å². The lowest BCUT2D eigenvalue weighted by Gasteiger charge is -2.13. The molecule has 0 rings (SSSR count). The van der Waals surface area contributed by atoms with Gasteiger partial charge in [0.25, 0.3) is 0 Å². The molecule has 0 aromatic heterocycles. The first kappa shape index (κ1) is 15.8. The largest absolute Gasteiger partial charge is 0.465 e. The monoisotopic (exact) mass is 242 g/mol. The number of carbonyl (C=O) groups excluding carboxylic acids is 3. The van der Waals surface area contributed by atoms with Crippen LogP contribution >= 0.6 is 0 Å². The quantitative estimate of drug-likeness (QED) is 0.460. The van der Waals surface area contributed by atoms with Crippen LogP contribution in [0.4, 0.5) is 0 Å². The van der Waals surface area contributed by atoms with Crippen molar-refractivity contribution in [2.45, 2.75) is 52.9 Å². The molecule has 0 aromatic carbocycles. The molecule has 0 spiro atoms. The van der Waals surface area contributed by atoms with Crippen LogP contribution in [-0.2, 0) is 19.1 Å². The molecule has 98 valence electrons. The summed E-state index contributed by atoms with van der Waals surface area (Å²) in [6, 6.07) is 0. The smallest absolute Gasteiger partial charge is 0.316 e. The molecular weight excluding hydrogens is 220 g/mol. The number of esters is 1. The molecule has 4 heteroatoms. The van der Waals surface area contributed by atoms with Gasteiger partial charge in [-0.2, -0.15) is 0 Å². The van der Waals surface area contributed by atoms with Crippen LogP contribution in [0.25, 0.3) is 0 Å². The molecule has 0 heterocycles. The van der Waals surface area contributed by atoms with Crippen molar-refractivity contribution in [3.63, 3.8) is 0 Å². The first-order valence-electron chi connectivity index (χ1n) is 6.27. The Kier molecular flexibility index (Phi) is 8.28. The summed E-state index contributed by atoms with van der Waals surface area (Å²) < 4.78 is 4.84. The molecule has 0 saturated heterocycles. The Morgan fingerprint density at radius 2 is 1.59 bits per heavy atom. The summed E-state index contributed by atoms with van der Waals surface area (Å²) in [7, 11) is 0. The predicted octanol–water partition coefficient (Wildman–Crippen LogP) is 2.29. The van der Waals surface area contributed by atoms with Crippen LogP contribution in [0.3, 0.4) is 0 Å². The van der Waals surface area contributed by atoms with E-state index in [2.05, 4.69) is 0 Å². The minimum atomic E-state index is -0.894. The molecule has 1 atom stereocenters. The average molecular weight is 242 g/mol. The maximum absolute atomic E-state index is 11.7. The zero-order valence-electron chi connectivity index (χ0n) is 11.0. The van der Waals surface area contributed by atoms with E-state index in [-0.39, 0.29) is 24.6 Å². The third-order valence-corrected chi connectivity index (χ3v) is 2.42. The van der Waals surface area contributed by atoms with E-state index in [1.165, 1.54) is 0 Å². The van der Waals surface area contributed by atoms with E-state index >= 15 is 0 Å². The summed E-state index contributed by atoms with van der Waals surface area (Å²) in [4.78, 5) is 34.9. The van der Waals surface area contributed by atoms with Crippen LogP contribution in [-0.4, -0.2) is 24.1 Å². The number of carbonyl (C=O) groups is 3. The summed E-state index contributed by atoms with van der Waals surface area (Å²) in [5.74, 6) is -1.69. The fraction of sp³-hybridized carbons (Fsp3) is 0.769. The van der Waals surface area contributed by atoms with E-state index < -0.39 is 11.9 Å². The van der Waals surface area contributed by atoms with Gasteiger partial charge in [0.05, 0.1) is 6.61 Å². The van der Waals surface area contributed by atoms with Crippen molar-refractivity contribution in [3.05, 3.63) is 0 Å². The first-order chi connectivity index (χ1) is 8.06. The highest BCUT2D eigenvalue weighted by atomic mass is 16.5. The predicted molar refractivity (Wildman–Crippen MR) is 64.6 cm³/mol.